The molecule has 0 bridgehead atoms. The van der Waals surface area contributed by atoms with Gasteiger partial charge < -0.3 is 4.84 Å². The third-order valence-corrected chi connectivity index (χ3v) is 8.45. The van der Waals surface area contributed by atoms with Crippen LogP contribution < -0.4 is 0 Å². The molecule has 3 aliphatic rings. The van der Waals surface area contributed by atoms with Gasteiger partial charge in [0.05, 0.1) is 5.71 Å². The highest BCUT2D eigenvalue weighted by Gasteiger charge is 2.48. The summed E-state index contributed by atoms with van der Waals surface area (Å²) in [6.07, 6.45) is 5.97. The van der Waals surface area contributed by atoms with E-state index in [1.54, 1.807) is 0 Å². The molecule has 2 heterocycles. The lowest BCUT2D eigenvalue weighted by atomic mass is 9.80. The minimum atomic E-state index is -0.435. The van der Waals surface area contributed by atoms with Gasteiger partial charge in [-0.2, -0.15) is 0 Å². The van der Waals surface area contributed by atoms with Gasteiger partial charge in [-0.3, -0.25) is 4.90 Å². The standard InChI is InChI=1S/C25H28Cl2N2O/c1-15-22(16(2)24(27)17(3)23(15)26)21-12-25(30-28-21)14-29(19-9-5-6-10-19)13-18-8-4-7-11-20(18)25/h4,7-8,11,19H,5-6,9-10,12-14H2,1-3H3. The van der Waals surface area contributed by atoms with Gasteiger partial charge in [0, 0.05) is 46.7 Å². The highest BCUT2D eigenvalue weighted by atomic mass is 35.5. The van der Waals surface area contributed by atoms with Crippen LogP contribution in [-0.4, -0.2) is 23.2 Å². The third-order valence-electron chi connectivity index (χ3n) is 7.32. The first-order valence-electron chi connectivity index (χ1n) is 10.9. The first-order valence-corrected chi connectivity index (χ1v) is 11.7. The van der Waals surface area contributed by atoms with Gasteiger partial charge in [-0.15, -0.1) is 0 Å². The van der Waals surface area contributed by atoms with E-state index in [1.807, 2.05) is 6.92 Å². The molecule has 0 saturated heterocycles. The van der Waals surface area contributed by atoms with Crippen LogP contribution in [0.25, 0.3) is 0 Å². The van der Waals surface area contributed by atoms with Crippen molar-refractivity contribution in [1.29, 1.82) is 0 Å². The maximum atomic E-state index is 6.62. The van der Waals surface area contributed by atoms with E-state index in [0.717, 1.165) is 57.5 Å². The van der Waals surface area contributed by atoms with Crippen LogP contribution >= 0.6 is 23.2 Å². The monoisotopic (exact) mass is 442 g/mol. The molecule has 2 aromatic carbocycles. The van der Waals surface area contributed by atoms with Gasteiger partial charge in [-0.25, -0.2) is 0 Å². The number of halogens is 2. The Balaban J connectivity index is 1.55. The molecule has 0 N–H and O–H groups in total. The van der Waals surface area contributed by atoms with Crippen molar-refractivity contribution in [2.45, 2.75) is 71.1 Å². The Labute approximate surface area is 189 Å². The van der Waals surface area contributed by atoms with Gasteiger partial charge in [-0.05, 0) is 55.9 Å². The summed E-state index contributed by atoms with van der Waals surface area (Å²) < 4.78 is 0. The molecule has 2 aromatic rings. The molecule has 30 heavy (non-hydrogen) atoms. The Bertz CT molecular complexity index is 1010. The highest BCUT2D eigenvalue weighted by molar-refractivity contribution is 6.37. The molecule has 0 amide bonds. The minimum absolute atomic E-state index is 0.435. The molecular weight excluding hydrogens is 415 g/mol. The molecule has 5 rings (SSSR count). The Morgan fingerprint density at radius 2 is 1.67 bits per heavy atom. The van der Waals surface area contributed by atoms with Crippen molar-refractivity contribution in [3.05, 3.63) is 67.7 Å². The van der Waals surface area contributed by atoms with Gasteiger partial charge in [0.1, 0.15) is 0 Å². The molecule has 1 atom stereocenters. The Morgan fingerprint density at radius 3 is 2.37 bits per heavy atom. The van der Waals surface area contributed by atoms with Crippen LogP contribution in [0, 0.1) is 20.8 Å². The Kier molecular flexibility index (Phi) is 5.12. The number of rotatable bonds is 2. The van der Waals surface area contributed by atoms with E-state index >= 15 is 0 Å². The normalized spacial score (nSPS) is 24.2. The molecule has 1 unspecified atom stereocenters. The van der Waals surface area contributed by atoms with Crippen LogP contribution in [0.3, 0.4) is 0 Å². The lowest BCUT2D eigenvalue weighted by molar-refractivity contribution is -0.0678. The highest BCUT2D eigenvalue weighted by Crippen LogP contribution is 2.45. The molecule has 3 nitrogen and oxygen atoms in total. The van der Waals surface area contributed by atoms with Crippen molar-refractivity contribution in [3.63, 3.8) is 0 Å². The average molecular weight is 443 g/mol. The van der Waals surface area contributed by atoms with Crippen molar-refractivity contribution in [2.24, 2.45) is 5.16 Å². The summed E-state index contributed by atoms with van der Waals surface area (Å²) >= 11 is 13.2. The van der Waals surface area contributed by atoms with E-state index in [4.69, 9.17) is 28.0 Å². The number of hydrogen-bond donors (Lipinski definition) is 0. The van der Waals surface area contributed by atoms with Crippen molar-refractivity contribution < 1.29 is 4.84 Å². The first kappa shape index (κ1) is 20.4. The number of oxime groups is 1. The van der Waals surface area contributed by atoms with Crippen LogP contribution in [0.15, 0.2) is 29.4 Å². The molecule has 2 aliphatic heterocycles. The topological polar surface area (TPSA) is 24.8 Å². The summed E-state index contributed by atoms with van der Waals surface area (Å²) in [5, 5.41) is 6.10. The van der Waals surface area contributed by atoms with Gasteiger partial charge in [-0.1, -0.05) is 65.5 Å². The summed E-state index contributed by atoms with van der Waals surface area (Å²) in [6, 6.07) is 9.36. The zero-order valence-electron chi connectivity index (χ0n) is 17.9. The van der Waals surface area contributed by atoms with E-state index in [2.05, 4.69) is 48.2 Å². The second kappa shape index (κ2) is 7.55. The predicted octanol–water partition coefficient (Wildman–Crippen LogP) is 6.70. The van der Waals surface area contributed by atoms with Crippen LogP contribution in [0.4, 0.5) is 0 Å². The maximum absolute atomic E-state index is 6.62. The fraction of sp³-hybridized carbons (Fsp3) is 0.480. The number of nitrogens with zero attached hydrogens (tertiary/aromatic N) is 2. The van der Waals surface area contributed by atoms with E-state index < -0.39 is 5.60 Å². The third kappa shape index (κ3) is 3.09. The summed E-state index contributed by atoms with van der Waals surface area (Å²) in [5.74, 6) is 0. The number of benzene rings is 2. The van der Waals surface area contributed by atoms with Crippen LogP contribution in [-0.2, 0) is 17.0 Å². The van der Waals surface area contributed by atoms with E-state index in [-0.39, 0.29) is 0 Å². The fourth-order valence-corrected chi connectivity index (χ4v) is 6.18. The lowest BCUT2D eigenvalue weighted by Gasteiger charge is -2.42. The van der Waals surface area contributed by atoms with Gasteiger partial charge in [0.2, 0.25) is 0 Å². The number of fused-ring (bicyclic) bond motifs is 2. The van der Waals surface area contributed by atoms with Crippen LogP contribution in [0.1, 0.15) is 65.5 Å². The SMILES string of the molecule is Cc1c(Cl)c(C)c(C2=NOC3(C2)CN(C2CCCC2)Cc2ccccc23)c(C)c1Cl. The summed E-state index contributed by atoms with van der Waals surface area (Å²) in [7, 11) is 0. The molecule has 0 radical (unpaired) electrons. The van der Waals surface area contributed by atoms with Gasteiger partial charge in [0.25, 0.3) is 0 Å². The second-order valence-electron chi connectivity index (χ2n) is 9.18. The molecule has 5 heteroatoms. The van der Waals surface area contributed by atoms with E-state index in [0.29, 0.717) is 6.04 Å². The quantitative estimate of drug-likeness (QED) is 0.516. The Hall–Kier alpha value is -1.55. The molecule has 1 aliphatic carbocycles. The van der Waals surface area contributed by atoms with E-state index in [9.17, 15) is 0 Å². The van der Waals surface area contributed by atoms with Crippen LogP contribution in [0.2, 0.25) is 10.0 Å². The minimum Gasteiger partial charge on any atom is -0.382 e. The Morgan fingerprint density at radius 1 is 1.00 bits per heavy atom. The summed E-state index contributed by atoms with van der Waals surface area (Å²) in [5.41, 5.74) is 7.20. The number of hydrogen-bond acceptors (Lipinski definition) is 3. The maximum Gasteiger partial charge on any atom is 0.181 e. The lowest BCUT2D eigenvalue weighted by Crippen LogP contribution is -2.49. The molecule has 0 aromatic heterocycles. The van der Waals surface area contributed by atoms with Crippen molar-refractivity contribution >= 4 is 28.9 Å². The molecule has 158 valence electrons. The molecule has 1 spiro atoms. The molecule has 1 fully saturated rings. The fourth-order valence-electron chi connectivity index (χ4n) is 5.75. The summed E-state index contributed by atoms with van der Waals surface area (Å²) in [4.78, 5) is 8.97. The molecule has 1 saturated carbocycles. The van der Waals surface area contributed by atoms with Crippen molar-refractivity contribution in [1.82, 2.24) is 4.90 Å². The van der Waals surface area contributed by atoms with Gasteiger partial charge in [0.15, 0.2) is 5.60 Å². The zero-order chi connectivity index (χ0) is 21.0. The first-order chi connectivity index (χ1) is 14.4. The van der Waals surface area contributed by atoms with Crippen molar-refractivity contribution in [2.75, 3.05) is 6.54 Å². The molecular formula is C25H28Cl2N2O. The largest absolute Gasteiger partial charge is 0.382 e. The smallest absolute Gasteiger partial charge is 0.181 e. The zero-order valence-corrected chi connectivity index (χ0v) is 19.4. The average Bonchev–Trinajstić information content (AvgIpc) is 3.42. The summed E-state index contributed by atoms with van der Waals surface area (Å²) in [6.45, 7) is 7.97. The second-order valence-corrected chi connectivity index (χ2v) is 9.93. The van der Waals surface area contributed by atoms with Crippen molar-refractivity contribution in [3.8, 4) is 0 Å². The van der Waals surface area contributed by atoms with E-state index in [1.165, 1.54) is 36.8 Å². The van der Waals surface area contributed by atoms with Gasteiger partial charge >= 0.3 is 0 Å². The van der Waals surface area contributed by atoms with Crippen LogP contribution in [0.5, 0.6) is 0 Å². The predicted molar refractivity (Wildman–Crippen MR) is 124 cm³/mol.